The second-order valence-corrected chi connectivity index (χ2v) is 4.67. The molecule has 0 fully saturated rings. The van der Waals surface area contributed by atoms with Crippen LogP contribution in [-0.4, -0.2) is 5.17 Å². The Morgan fingerprint density at radius 2 is 1.62 bits per heavy atom. The van der Waals surface area contributed by atoms with Crippen molar-refractivity contribution in [2.24, 2.45) is 0 Å². The van der Waals surface area contributed by atoms with Gasteiger partial charge in [-0.2, -0.15) is 13.2 Å². The molecule has 88 valence electrons. The van der Waals surface area contributed by atoms with Gasteiger partial charge in [0.2, 0.25) is 0 Å². The summed E-state index contributed by atoms with van der Waals surface area (Å²) in [5.74, 6) is 0. The molecule has 0 heterocycles. The zero-order valence-electron chi connectivity index (χ0n) is 7.58. The van der Waals surface area contributed by atoms with Crippen LogP contribution in [-0.2, 0) is 10.5 Å². The molecule has 0 amide bonds. The third kappa shape index (κ3) is 2.81. The van der Waals surface area contributed by atoms with Crippen LogP contribution in [0.5, 0.6) is 0 Å². The molecule has 0 saturated carbocycles. The molecule has 0 bridgehead atoms. The summed E-state index contributed by atoms with van der Waals surface area (Å²) in [6.07, 6.45) is -4.49. The molecule has 1 nitrogen and oxygen atoms in total. The van der Waals surface area contributed by atoms with Gasteiger partial charge >= 0.3 is 6.18 Å². The molecule has 1 aromatic carbocycles. The quantitative estimate of drug-likeness (QED) is 0.610. The van der Waals surface area contributed by atoms with Crippen LogP contribution < -0.4 is 0 Å². The highest BCUT2D eigenvalue weighted by molar-refractivity contribution is 6.78. The van der Waals surface area contributed by atoms with Gasteiger partial charge in [-0.1, -0.05) is 46.9 Å². The fourth-order valence-electron chi connectivity index (χ4n) is 1.02. The van der Waals surface area contributed by atoms with E-state index in [9.17, 15) is 13.2 Å². The van der Waals surface area contributed by atoms with Gasteiger partial charge in [-0.3, -0.25) is 5.41 Å². The average molecular weight is 290 g/mol. The predicted octanol–water partition coefficient (Wildman–Crippen LogP) is 4.55. The Bertz CT molecular complexity index is 415. The van der Waals surface area contributed by atoms with Crippen LogP contribution in [0.2, 0.25) is 0 Å². The number of rotatable bonds is 2. The van der Waals surface area contributed by atoms with Crippen LogP contribution in [0.15, 0.2) is 24.3 Å². The number of nitrogens with one attached hydrogen (secondary N) is 1. The lowest BCUT2D eigenvalue weighted by Crippen LogP contribution is -2.19. The molecular formula is C9H5Cl3F3N. The van der Waals surface area contributed by atoms with E-state index in [1.54, 1.807) is 0 Å². The van der Waals surface area contributed by atoms with Gasteiger partial charge in [0, 0.05) is 0 Å². The van der Waals surface area contributed by atoms with Crippen molar-refractivity contribution in [1.82, 2.24) is 0 Å². The highest BCUT2D eigenvalue weighted by atomic mass is 35.5. The monoisotopic (exact) mass is 289 g/mol. The first-order valence-electron chi connectivity index (χ1n) is 3.96. The summed E-state index contributed by atoms with van der Waals surface area (Å²) in [4.78, 5) is 0. The van der Waals surface area contributed by atoms with E-state index in [2.05, 4.69) is 0 Å². The first kappa shape index (κ1) is 13.6. The zero-order valence-corrected chi connectivity index (χ0v) is 9.84. The molecule has 0 aromatic heterocycles. The minimum absolute atomic E-state index is 0.0920. The van der Waals surface area contributed by atoms with Crippen molar-refractivity contribution in [2.75, 3.05) is 0 Å². The van der Waals surface area contributed by atoms with Crippen LogP contribution in [0.25, 0.3) is 0 Å². The fourth-order valence-corrected chi connectivity index (χ4v) is 1.36. The third-order valence-corrected chi connectivity index (χ3v) is 3.12. The molecule has 0 aliphatic heterocycles. The average Bonchev–Trinajstić information content (AvgIpc) is 2.16. The van der Waals surface area contributed by atoms with Crippen molar-refractivity contribution in [3.8, 4) is 0 Å². The Balaban J connectivity index is 3.23. The largest absolute Gasteiger partial charge is 0.416 e. The van der Waals surface area contributed by atoms with Gasteiger partial charge in [0.1, 0.15) is 5.17 Å². The molecule has 0 radical (unpaired) electrons. The first-order chi connectivity index (χ1) is 7.15. The smallest absolute Gasteiger partial charge is 0.290 e. The summed E-state index contributed by atoms with van der Waals surface area (Å²) in [6.45, 7) is 0. The minimum atomic E-state index is -4.49. The summed E-state index contributed by atoms with van der Waals surface area (Å²) in [5, 5.41) is 6.42. The molecule has 1 rings (SSSR count). The van der Waals surface area contributed by atoms with Gasteiger partial charge in [-0.15, -0.1) is 0 Å². The summed E-state index contributed by atoms with van der Waals surface area (Å²) in [6, 6.07) is 4.06. The number of halogens is 6. The van der Waals surface area contributed by atoms with Gasteiger partial charge in [-0.25, -0.2) is 0 Å². The summed E-state index contributed by atoms with van der Waals surface area (Å²) in [7, 11) is 0. The summed E-state index contributed by atoms with van der Waals surface area (Å²) in [5.41, 5.74) is -0.987. The van der Waals surface area contributed by atoms with Crippen molar-refractivity contribution < 1.29 is 13.2 Å². The van der Waals surface area contributed by atoms with Crippen LogP contribution >= 0.6 is 34.8 Å². The summed E-state index contributed by atoms with van der Waals surface area (Å²) >= 11 is 16.6. The van der Waals surface area contributed by atoms with Gasteiger partial charge in [0.05, 0.1) is 5.56 Å². The summed E-state index contributed by atoms with van der Waals surface area (Å²) < 4.78 is 35.2. The van der Waals surface area contributed by atoms with E-state index in [1.165, 1.54) is 6.07 Å². The Hall–Kier alpha value is -0.450. The van der Waals surface area contributed by atoms with Crippen LogP contribution in [0.3, 0.4) is 0 Å². The second-order valence-electron chi connectivity index (χ2n) is 2.97. The fraction of sp³-hybridized carbons (Fsp3) is 0.222. The lowest BCUT2D eigenvalue weighted by molar-refractivity contribution is -0.137. The standard InChI is InChI=1S/C9H5Cl3F3N/c10-7(16)8(11,12)5-2-1-3-6(4-5)9(13,14)15/h1-4,16H. The van der Waals surface area contributed by atoms with E-state index in [1.807, 2.05) is 0 Å². The van der Waals surface area contributed by atoms with Crippen LogP contribution in [0.1, 0.15) is 11.1 Å². The molecule has 1 N–H and O–H groups in total. The number of alkyl halides is 5. The molecule has 0 aliphatic carbocycles. The Morgan fingerprint density at radius 1 is 1.12 bits per heavy atom. The third-order valence-electron chi connectivity index (χ3n) is 1.83. The number of benzene rings is 1. The Morgan fingerprint density at radius 3 is 2.06 bits per heavy atom. The van der Waals surface area contributed by atoms with Crippen LogP contribution in [0, 0.1) is 5.41 Å². The van der Waals surface area contributed by atoms with Crippen molar-refractivity contribution in [3.63, 3.8) is 0 Å². The molecule has 0 unspecified atom stereocenters. The van der Waals surface area contributed by atoms with Crippen molar-refractivity contribution >= 4 is 40.0 Å². The van der Waals surface area contributed by atoms with Gasteiger partial charge < -0.3 is 0 Å². The zero-order chi connectivity index (χ0) is 12.6. The van der Waals surface area contributed by atoms with Gasteiger partial charge in [0.15, 0.2) is 4.33 Å². The lowest BCUT2D eigenvalue weighted by atomic mass is 10.1. The SMILES string of the molecule is N=C(Cl)C(Cl)(Cl)c1cccc(C(F)(F)F)c1. The highest BCUT2D eigenvalue weighted by Crippen LogP contribution is 2.39. The van der Waals surface area contributed by atoms with E-state index >= 15 is 0 Å². The molecule has 1 aromatic rings. The number of hydrogen-bond donors (Lipinski definition) is 1. The molecule has 7 heteroatoms. The topological polar surface area (TPSA) is 23.9 Å². The molecule has 0 spiro atoms. The highest BCUT2D eigenvalue weighted by Gasteiger charge is 2.35. The lowest BCUT2D eigenvalue weighted by Gasteiger charge is -2.18. The van der Waals surface area contributed by atoms with Crippen molar-refractivity contribution in [2.45, 2.75) is 10.5 Å². The van der Waals surface area contributed by atoms with E-state index in [4.69, 9.17) is 40.2 Å². The maximum atomic E-state index is 12.4. The first-order valence-corrected chi connectivity index (χ1v) is 5.09. The van der Waals surface area contributed by atoms with E-state index < -0.39 is 21.2 Å². The molecule has 0 atom stereocenters. The van der Waals surface area contributed by atoms with Crippen LogP contribution in [0.4, 0.5) is 13.2 Å². The normalized spacial score (nSPS) is 12.6. The van der Waals surface area contributed by atoms with Gasteiger partial charge in [0.25, 0.3) is 0 Å². The Labute approximate surface area is 105 Å². The van der Waals surface area contributed by atoms with E-state index in [0.717, 1.165) is 18.2 Å². The van der Waals surface area contributed by atoms with Gasteiger partial charge in [-0.05, 0) is 17.7 Å². The Kier molecular flexibility index (Phi) is 3.77. The second kappa shape index (κ2) is 4.43. The van der Waals surface area contributed by atoms with Crippen molar-refractivity contribution in [1.29, 1.82) is 5.41 Å². The molecular weight excluding hydrogens is 285 g/mol. The maximum Gasteiger partial charge on any atom is 0.416 e. The molecule has 0 saturated heterocycles. The van der Waals surface area contributed by atoms with Crippen molar-refractivity contribution in [3.05, 3.63) is 35.4 Å². The number of hydrogen-bond acceptors (Lipinski definition) is 1. The maximum absolute atomic E-state index is 12.4. The van der Waals surface area contributed by atoms with E-state index in [0.29, 0.717) is 0 Å². The van der Waals surface area contributed by atoms with E-state index in [-0.39, 0.29) is 5.56 Å². The predicted molar refractivity (Wildman–Crippen MR) is 58.4 cm³/mol. The molecule has 0 aliphatic rings. The molecule has 16 heavy (non-hydrogen) atoms. The minimum Gasteiger partial charge on any atom is -0.290 e.